The van der Waals surface area contributed by atoms with Crippen LogP contribution in [0.4, 0.5) is 0 Å². The number of hydrogen-bond donors (Lipinski definition) is 0. The van der Waals surface area contributed by atoms with Crippen molar-refractivity contribution in [3.63, 3.8) is 0 Å². The van der Waals surface area contributed by atoms with E-state index in [9.17, 15) is 0 Å². The smallest absolute Gasteiger partial charge is 0.159 e. The zero-order valence-corrected chi connectivity index (χ0v) is 75.8. The number of rotatable bonds is 9. The van der Waals surface area contributed by atoms with E-state index >= 15 is 0 Å². The molecule has 0 N–H and O–H groups in total. The summed E-state index contributed by atoms with van der Waals surface area (Å²) in [4.78, 5) is 69.8. The van der Waals surface area contributed by atoms with Crippen molar-refractivity contribution in [1.82, 2.24) is 84.7 Å². The van der Waals surface area contributed by atoms with Crippen molar-refractivity contribution < 1.29 is 0 Å². The van der Waals surface area contributed by atoms with Crippen molar-refractivity contribution in [1.29, 1.82) is 0 Å². The van der Waals surface area contributed by atoms with E-state index in [1.54, 1.807) is 31.0 Å². The van der Waals surface area contributed by atoms with Crippen molar-refractivity contribution in [3.05, 3.63) is 514 Å². The number of aromatic nitrogens is 17. The zero-order chi connectivity index (χ0) is 92.1. The van der Waals surface area contributed by atoms with E-state index < -0.39 is 0 Å². The van der Waals surface area contributed by atoms with Gasteiger partial charge in [-0.05, 0) is 181 Å². The van der Waals surface area contributed by atoms with E-state index in [1.807, 2.05) is 367 Å². The molecule has 9 aromatic carbocycles. The van der Waals surface area contributed by atoms with Gasteiger partial charge in [0.2, 0.25) is 0 Å². The summed E-state index contributed by atoms with van der Waals surface area (Å²) >= 11 is 0. The first-order valence-corrected chi connectivity index (χ1v) is 42.8. The van der Waals surface area contributed by atoms with Crippen LogP contribution in [0.15, 0.2) is 451 Å². The molecule has 17 heteroatoms. The molecule has 0 unspecified atom stereocenters. The lowest BCUT2D eigenvalue weighted by Gasteiger charge is -2.00. The average Bonchev–Trinajstić information content (AvgIpc) is 0.869. The molecule has 0 aliphatic carbocycles. The molecule has 0 aliphatic heterocycles. The van der Waals surface area contributed by atoms with Crippen molar-refractivity contribution in [2.24, 2.45) is 0 Å². The van der Waals surface area contributed by atoms with Crippen molar-refractivity contribution >= 4 is 0 Å². The van der Waals surface area contributed by atoms with E-state index in [0.29, 0.717) is 0 Å². The molecule has 11 aromatic heterocycles. The molecule has 20 rings (SSSR count). The van der Waals surface area contributed by atoms with Crippen molar-refractivity contribution in [2.45, 2.75) is 76.2 Å². The van der Waals surface area contributed by atoms with Gasteiger partial charge < -0.3 is 0 Å². The second-order valence-corrected chi connectivity index (χ2v) is 29.7. The highest BCUT2D eigenvalue weighted by Gasteiger charge is 2.05. The summed E-state index contributed by atoms with van der Waals surface area (Å²) in [7, 11) is 0. The third-order valence-corrected chi connectivity index (χ3v) is 18.8. The minimum absolute atomic E-state index is 0.759. The fourth-order valence-corrected chi connectivity index (χ4v) is 12.0. The highest BCUT2D eigenvalue weighted by molar-refractivity contribution is 5.67. The van der Waals surface area contributed by atoms with Gasteiger partial charge in [-0.25, -0.2) is 34.9 Å². The van der Waals surface area contributed by atoms with Crippen LogP contribution >= 0.6 is 0 Å². The summed E-state index contributed by atoms with van der Waals surface area (Å²) in [6, 6.07) is 116. The normalized spacial score (nSPS) is 9.79. The van der Waals surface area contributed by atoms with Gasteiger partial charge in [0.1, 0.15) is 24.3 Å². The Morgan fingerprint density at radius 2 is 0.595 bits per heavy atom. The maximum atomic E-state index is 4.44. The van der Waals surface area contributed by atoms with E-state index in [2.05, 4.69) is 202 Å². The van der Waals surface area contributed by atoms with Crippen LogP contribution in [-0.2, 0) is 0 Å². The molecule has 0 radical (unpaired) electrons. The van der Waals surface area contributed by atoms with Crippen LogP contribution in [0.2, 0.25) is 0 Å². The molecule has 0 spiro atoms. The third kappa shape index (κ3) is 36.0. The maximum absolute atomic E-state index is 4.44. The van der Waals surface area contributed by atoms with Gasteiger partial charge in [-0.3, -0.25) is 49.8 Å². The minimum atomic E-state index is 0.759. The van der Waals surface area contributed by atoms with E-state index in [1.165, 1.54) is 79.4 Å². The Hall–Kier alpha value is -16.8. The van der Waals surface area contributed by atoms with Gasteiger partial charge in [-0.15, -0.1) is 0 Å². The largest absolute Gasteiger partial charge is 0.264 e. The second kappa shape index (κ2) is 54.8. The molecule has 0 aliphatic rings. The molecule has 0 saturated carbocycles. The average molecular weight is 1720 g/mol. The summed E-state index contributed by atoms with van der Waals surface area (Å²) in [5, 5.41) is 0. The SMILES string of the molecule is Cc1cc(-c2ccccc2)ccn1.Cc1ccc(-c2ccccc2)cn1.Cc1ccc(-c2ccccc2)nc1.Cc1cccc(-c2ccccc2)n1.Cc1ccnc(-c2ccccc2)c1.Cc1cnc(-c2ccccc2)cn1.Cc1cnc(-c2ccccc2)nc1.Cc1cncc(-c2ccccc2)c1.Cc1cnccn1.Cc1ncc(-c2ccccc2)cn1.Cc1ncncn1. The molecule has 0 amide bonds. The molecule has 0 bridgehead atoms. The molecular formula is C114H107N17. The fourth-order valence-electron chi connectivity index (χ4n) is 12.0. The fraction of sp³-hybridized carbons (Fsp3) is 0.0965. The summed E-state index contributed by atoms with van der Waals surface area (Å²) in [5.41, 5.74) is 29.0. The number of pyridine rings is 6. The van der Waals surface area contributed by atoms with E-state index in [-0.39, 0.29) is 0 Å². The topological polar surface area (TPSA) is 219 Å². The highest BCUT2D eigenvalue weighted by atomic mass is 15.0. The summed E-state index contributed by atoms with van der Waals surface area (Å²) in [5.74, 6) is 2.35. The molecule has 131 heavy (non-hydrogen) atoms. The van der Waals surface area contributed by atoms with E-state index in [0.717, 1.165) is 96.5 Å². The second-order valence-electron chi connectivity index (χ2n) is 29.7. The van der Waals surface area contributed by atoms with Gasteiger partial charge in [-0.1, -0.05) is 291 Å². The van der Waals surface area contributed by atoms with Crippen LogP contribution in [0, 0.1) is 76.2 Å². The maximum Gasteiger partial charge on any atom is 0.159 e. The Bertz CT molecular complexity index is 5650. The van der Waals surface area contributed by atoms with E-state index in [4.69, 9.17) is 0 Å². The first kappa shape index (κ1) is 96.4. The van der Waals surface area contributed by atoms with Crippen LogP contribution < -0.4 is 0 Å². The lowest BCUT2D eigenvalue weighted by molar-refractivity contribution is 0.974. The monoisotopic (exact) mass is 1710 g/mol. The van der Waals surface area contributed by atoms with Crippen molar-refractivity contribution in [3.8, 4) is 101 Å². The lowest BCUT2D eigenvalue weighted by atomic mass is 10.1. The van der Waals surface area contributed by atoms with Crippen molar-refractivity contribution in [2.75, 3.05) is 0 Å². The zero-order valence-electron chi connectivity index (χ0n) is 75.8. The number of hydrogen-bond acceptors (Lipinski definition) is 17. The molecule has 20 aromatic rings. The van der Waals surface area contributed by atoms with Gasteiger partial charge in [0, 0.05) is 148 Å². The van der Waals surface area contributed by atoms with Gasteiger partial charge in [0.15, 0.2) is 5.82 Å². The van der Waals surface area contributed by atoms with Crippen LogP contribution in [0.1, 0.15) is 62.4 Å². The van der Waals surface area contributed by atoms with Gasteiger partial charge in [-0.2, -0.15) is 0 Å². The number of benzene rings is 9. The molecule has 648 valence electrons. The molecular weight excluding hydrogens is 1610 g/mol. The highest BCUT2D eigenvalue weighted by Crippen LogP contribution is 2.24. The first-order chi connectivity index (χ1) is 64.0. The lowest BCUT2D eigenvalue weighted by Crippen LogP contribution is -1.88. The summed E-state index contributed by atoms with van der Waals surface area (Å²) < 4.78 is 0. The van der Waals surface area contributed by atoms with Gasteiger partial charge in [0.25, 0.3) is 0 Å². The van der Waals surface area contributed by atoms with Gasteiger partial charge >= 0.3 is 0 Å². The third-order valence-electron chi connectivity index (χ3n) is 18.8. The van der Waals surface area contributed by atoms with Crippen LogP contribution in [-0.4, -0.2) is 84.7 Å². The Morgan fingerprint density at radius 3 is 1.04 bits per heavy atom. The number of nitrogens with zero attached hydrogens (tertiary/aromatic N) is 17. The predicted octanol–water partition coefficient (Wildman–Crippen LogP) is 26.7. The Kier molecular flexibility index (Phi) is 40.4. The standard InChI is InChI=1S/6C12H11N.3C11H10N2.C5H6N2.C4H5N3/c1-10-6-5-9-12(13-10)11-7-3-2-4-8-11;1-10-7-12(9-13-8-10)11-5-3-2-4-6-11;1-10-9-12(7-8-13-10)11-5-3-2-4-6-11;1-10-7-8-12(9-13-10)11-5-3-2-4-6-11;1-10-7-8-13-12(9-10)11-5-3-2-4-6-11;1-10-7-8-12(13-9-10)11-5-3-2-4-6-11;1-9-12-7-11(8-13-9)10-5-3-2-4-6-10;1-9-7-13-11(8-12-9)10-5-3-2-4-6-10;1-9-7-12-11(13-8-9)10-5-3-2-4-6-10;1-5-4-6-2-3-7-5;1-4-6-2-5-3-7-4/h6*2-9H,1H3;3*2-8H,1H3;2-4H,1H3;2-3H,1H3. The van der Waals surface area contributed by atoms with Crippen LogP contribution in [0.25, 0.3) is 101 Å². The summed E-state index contributed by atoms with van der Waals surface area (Å²) in [6.45, 7) is 21.7. The number of aryl methyl sites for hydroxylation is 11. The van der Waals surface area contributed by atoms with Crippen LogP contribution in [0.5, 0.6) is 0 Å². The van der Waals surface area contributed by atoms with Gasteiger partial charge in [0.05, 0.1) is 40.4 Å². The Balaban J connectivity index is 0.000000150. The Morgan fingerprint density at radius 1 is 0.153 bits per heavy atom. The molecule has 0 fully saturated rings. The molecule has 0 atom stereocenters. The molecule has 17 nitrogen and oxygen atoms in total. The summed E-state index contributed by atoms with van der Waals surface area (Å²) in [6.07, 6.45) is 30.2. The minimum Gasteiger partial charge on any atom is -0.264 e. The predicted molar refractivity (Wildman–Crippen MR) is 534 cm³/mol. The van der Waals surface area contributed by atoms with Crippen LogP contribution in [0.3, 0.4) is 0 Å². The molecule has 11 heterocycles. The Labute approximate surface area is 770 Å². The first-order valence-electron chi connectivity index (χ1n) is 42.8. The molecule has 0 saturated heterocycles. The quantitative estimate of drug-likeness (QED) is 0.131.